The van der Waals surface area contributed by atoms with Gasteiger partial charge in [0, 0.05) is 29.4 Å². The van der Waals surface area contributed by atoms with Gasteiger partial charge in [-0.2, -0.15) is 5.10 Å². The number of hydrogen-bond donors (Lipinski definition) is 0. The van der Waals surface area contributed by atoms with Crippen molar-refractivity contribution in [2.24, 2.45) is 7.05 Å². The van der Waals surface area contributed by atoms with E-state index in [-0.39, 0.29) is 0 Å². The SMILES string of the molecule is Cc1cc(SCC2CSc3ccccc32)n(C)n1. The highest BCUT2D eigenvalue weighted by atomic mass is 32.2. The molecule has 1 atom stereocenters. The van der Waals surface area contributed by atoms with Crippen LogP contribution in [0.5, 0.6) is 0 Å². The van der Waals surface area contributed by atoms with Crippen LogP contribution in [0, 0.1) is 6.92 Å². The van der Waals surface area contributed by atoms with Gasteiger partial charge in [0.25, 0.3) is 0 Å². The van der Waals surface area contributed by atoms with E-state index in [0.29, 0.717) is 5.92 Å². The van der Waals surface area contributed by atoms with Crippen LogP contribution >= 0.6 is 23.5 Å². The Morgan fingerprint density at radius 2 is 2.28 bits per heavy atom. The molecule has 18 heavy (non-hydrogen) atoms. The van der Waals surface area contributed by atoms with E-state index in [4.69, 9.17) is 0 Å². The van der Waals surface area contributed by atoms with Crippen molar-refractivity contribution in [1.29, 1.82) is 0 Å². The molecule has 0 bridgehead atoms. The van der Waals surface area contributed by atoms with Gasteiger partial charge in [-0.25, -0.2) is 0 Å². The summed E-state index contributed by atoms with van der Waals surface area (Å²) in [4.78, 5) is 1.46. The maximum absolute atomic E-state index is 4.39. The zero-order chi connectivity index (χ0) is 12.5. The number of aromatic nitrogens is 2. The number of nitrogens with zero attached hydrogens (tertiary/aromatic N) is 2. The molecule has 1 aliphatic heterocycles. The van der Waals surface area contributed by atoms with Crippen molar-refractivity contribution in [3.63, 3.8) is 0 Å². The highest BCUT2D eigenvalue weighted by Crippen LogP contribution is 2.41. The maximum Gasteiger partial charge on any atom is 0.0939 e. The minimum atomic E-state index is 0.673. The van der Waals surface area contributed by atoms with Gasteiger partial charge >= 0.3 is 0 Å². The third kappa shape index (κ3) is 2.31. The molecule has 0 saturated carbocycles. The first-order valence-electron chi connectivity index (χ1n) is 6.09. The highest BCUT2D eigenvalue weighted by Gasteiger charge is 2.22. The summed E-state index contributed by atoms with van der Waals surface area (Å²) in [5.74, 6) is 3.03. The monoisotopic (exact) mass is 276 g/mol. The molecule has 0 fully saturated rings. The summed E-state index contributed by atoms with van der Waals surface area (Å²) in [5.41, 5.74) is 2.62. The van der Waals surface area contributed by atoms with E-state index < -0.39 is 0 Å². The van der Waals surface area contributed by atoms with Crippen LogP contribution in [0.3, 0.4) is 0 Å². The number of fused-ring (bicyclic) bond motifs is 1. The molecule has 1 unspecified atom stereocenters. The molecule has 1 aromatic carbocycles. The van der Waals surface area contributed by atoms with E-state index in [9.17, 15) is 0 Å². The first-order chi connectivity index (χ1) is 8.74. The van der Waals surface area contributed by atoms with Gasteiger partial charge in [-0.1, -0.05) is 18.2 Å². The van der Waals surface area contributed by atoms with Crippen LogP contribution in [0.15, 0.2) is 40.3 Å². The van der Waals surface area contributed by atoms with Crippen LogP contribution in [0.1, 0.15) is 17.2 Å². The molecule has 2 aromatic rings. The quantitative estimate of drug-likeness (QED) is 0.796. The lowest BCUT2D eigenvalue weighted by molar-refractivity contribution is 0.691. The summed E-state index contributed by atoms with van der Waals surface area (Å²) in [5, 5.41) is 5.66. The predicted molar refractivity (Wildman–Crippen MR) is 78.6 cm³/mol. The van der Waals surface area contributed by atoms with Gasteiger partial charge in [0.1, 0.15) is 0 Å². The number of hydrogen-bond acceptors (Lipinski definition) is 3. The minimum absolute atomic E-state index is 0.673. The molecule has 0 spiro atoms. The Kier molecular flexibility index (Phi) is 3.39. The van der Waals surface area contributed by atoms with E-state index in [2.05, 4.69) is 35.4 Å². The molecule has 0 N–H and O–H groups in total. The van der Waals surface area contributed by atoms with Crippen LogP contribution in [-0.4, -0.2) is 21.3 Å². The van der Waals surface area contributed by atoms with Gasteiger partial charge in [-0.05, 0) is 24.6 Å². The van der Waals surface area contributed by atoms with E-state index in [1.54, 1.807) is 0 Å². The van der Waals surface area contributed by atoms with Crippen molar-refractivity contribution in [3.05, 3.63) is 41.6 Å². The van der Waals surface area contributed by atoms with E-state index in [1.807, 2.05) is 42.2 Å². The zero-order valence-corrected chi connectivity index (χ0v) is 12.2. The topological polar surface area (TPSA) is 17.8 Å². The number of aryl methyl sites for hydroxylation is 2. The smallest absolute Gasteiger partial charge is 0.0939 e. The molecule has 4 heteroatoms. The van der Waals surface area contributed by atoms with Gasteiger partial charge in [0.2, 0.25) is 0 Å². The molecular formula is C14H16N2S2. The predicted octanol–water partition coefficient (Wildman–Crippen LogP) is 3.71. The second kappa shape index (κ2) is 5.02. The molecule has 94 valence electrons. The molecule has 1 aliphatic rings. The fourth-order valence-corrected chi connectivity index (χ4v) is 4.83. The van der Waals surface area contributed by atoms with E-state index in [1.165, 1.54) is 21.2 Å². The number of thioether (sulfide) groups is 2. The van der Waals surface area contributed by atoms with Crippen LogP contribution in [0.25, 0.3) is 0 Å². The van der Waals surface area contributed by atoms with Crippen molar-refractivity contribution in [2.75, 3.05) is 11.5 Å². The second-order valence-electron chi connectivity index (χ2n) is 4.60. The summed E-state index contributed by atoms with van der Waals surface area (Å²) in [6, 6.07) is 11.0. The summed E-state index contributed by atoms with van der Waals surface area (Å²) in [6.45, 7) is 2.05. The third-order valence-corrected chi connectivity index (χ3v) is 5.69. The molecule has 0 amide bonds. The number of benzene rings is 1. The lowest BCUT2D eigenvalue weighted by atomic mass is 10.0. The third-order valence-electron chi connectivity index (χ3n) is 3.19. The average molecular weight is 276 g/mol. The Balaban J connectivity index is 1.70. The van der Waals surface area contributed by atoms with Crippen LogP contribution < -0.4 is 0 Å². The molecule has 0 saturated heterocycles. The zero-order valence-electron chi connectivity index (χ0n) is 10.6. The summed E-state index contributed by atoms with van der Waals surface area (Å²) >= 11 is 3.90. The van der Waals surface area contributed by atoms with Crippen LogP contribution in [-0.2, 0) is 7.05 Å². The Hall–Kier alpha value is -0.870. The molecular weight excluding hydrogens is 260 g/mol. The fourth-order valence-electron chi connectivity index (χ4n) is 2.28. The Labute approximate surface area is 116 Å². The lowest BCUT2D eigenvalue weighted by Crippen LogP contribution is -2.01. The Morgan fingerprint density at radius 1 is 1.44 bits per heavy atom. The largest absolute Gasteiger partial charge is 0.262 e. The van der Waals surface area contributed by atoms with E-state index in [0.717, 1.165) is 11.4 Å². The Morgan fingerprint density at radius 3 is 3.06 bits per heavy atom. The van der Waals surface area contributed by atoms with Gasteiger partial charge in [-0.3, -0.25) is 4.68 Å². The highest BCUT2D eigenvalue weighted by molar-refractivity contribution is 8.00. The van der Waals surface area contributed by atoms with Gasteiger partial charge < -0.3 is 0 Å². The molecule has 2 heterocycles. The molecule has 1 aromatic heterocycles. The first-order valence-corrected chi connectivity index (χ1v) is 8.06. The summed E-state index contributed by atoms with van der Waals surface area (Å²) in [7, 11) is 2.02. The fraction of sp³-hybridized carbons (Fsp3) is 0.357. The normalized spacial score (nSPS) is 18.0. The summed E-state index contributed by atoms with van der Waals surface area (Å²) in [6.07, 6.45) is 0. The van der Waals surface area contributed by atoms with Gasteiger partial charge in [-0.15, -0.1) is 23.5 Å². The Bertz CT molecular complexity index is 563. The van der Waals surface area contributed by atoms with Crippen molar-refractivity contribution >= 4 is 23.5 Å². The lowest BCUT2D eigenvalue weighted by Gasteiger charge is -2.09. The number of rotatable bonds is 3. The average Bonchev–Trinajstić information content (AvgIpc) is 2.90. The van der Waals surface area contributed by atoms with E-state index >= 15 is 0 Å². The van der Waals surface area contributed by atoms with Crippen LogP contribution in [0.4, 0.5) is 0 Å². The molecule has 0 aliphatic carbocycles. The standard InChI is InChI=1S/C14H16N2S2/c1-10-7-14(16(2)15-10)18-9-11-8-17-13-6-4-3-5-12(11)13/h3-7,11H,8-9H2,1-2H3. The first kappa shape index (κ1) is 12.2. The maximum atomic E-state index is 4.39. The van der Waals surface area contributed by atoms with Gasteiger partial charge in [0.15, 0.2) is 0 Å². The van der Waals surface area contributed by atoms with Crippen molar-refractivity contribution < 1.29 is 0 Å². The van der Waals surface area contributed by atoms with Crippen LogP contribution in [0.2, 0.25) is 0 Å². The molecule has 2 nitrogen and oxygen atoms in total. The van der Waals surface area contributed by atoms with Crippen molar-refractivity contribution in [2.45, 2.75) is 22.8 Å². The second-order valence-corrected chi connectivity index (χ2v) is 6.71. The summed E-state index contributed by atoms with van der Waals surface area (Å²) < 4.78 is 1.98. The minimum Gasteiger partial charge on any atom is -0.262 e. The van der Waals surface area contributed by atoms with Gasteiger partial charge in [0.05, 0.1) is 10.7 Å². The molecule has 3 rings (SSSR count). The molecule has 0 radical (unpaired) electrons. The van der Waals surface area contributed by atoms with Crippen molar-refractivity contribution in [1.82, 2.24) is 9.78 Å². The van der Waals surface area contributed by atoms with Crippen molar-refractivity contribution in [3.8, 4) is 0 Å².